The Labute approximate surface area is 263 Å². The summed E-state index contributed by atoms with van der Waals surface area (Å²) in [6.07, 6.45) is 33.0. The Morgan fingerprint density at radius 2 is 0.750 bits per heavy atom. The number of hydroxylamine groups is 3. The summed E-state index contributed by atoms with van der Waals surface area (Å²) in [6, 6.07) is -0.142. The van der Waals surface area contributed by atoms with Gasteiger partial charge in [-0.05, 0) is 19.8 Å². The predicted molar refractivity (Wildman–Crippen MR) is 170 cm³/mol. The highest BCUT2D eigenvalue weighted by Gasteiger charge is 2.46. The third kappa shape index (κ3) is 23.8. The average Bonchev–Trinajstić information content (AvgIpc) is 2.92. The van der Waals surface area contributed by atoms with E-state index in [-0.39, 0.29) is 27.7 Å². The highest BCUT2D eigenvalue weighted by Crippen LogP contribution is 2.29. The molecule has 0 aliphatic heterocycles. The number of nitrogens with zero attached hydrogens (tertiary/aromatic N) is 1. The molecule has 0 heterocycles. The fraction of sp³-hybridized carbons (Fsp3) is 1.00. The largest absolute Gasteiger partial charge is 1.00 e. The lowest BCUT2D eigenvalue weighted by molar-refractivity contribution is -1.10. The maximum Gasteiger partial charge on any atom is 0.224 e. The van der Waals surface area contributed by atoms with Crippen LogP contribution in [0, 0.1) is 0 Å². The molecular formula is C35H74BrNO3. The molecule has 40 heavy (non-hydrogen) atoms. The molecule has 244 valence electrons. The van der Waals surface area contributed by atoms with Gasteiger partial charge in [0.15, 0.2) is 6.04 Å². The van der Waals surface area contributed by atoms with Crippen molar-refractivity contribution in [1.29, 1.82) is 0 Å². The Morgan fingerprint density at radius 1 is 0.500 bits per heavy atom. The van der Waals surface area contributed by atoms with Gasteiger partial charge in [-0.2, -0.15) is 4.65 Å². The molecule has 0 aliphatic rings. The SMILES string of the molecule is CCCCCCCCCCCCCCOC(CC)(OCCCCCCCCCCCCCC)C(C)[N+](C)(C)O.[Br-]. The highest BCUT2D eigenvalue weighted by atomic mass is 79.9. The third-order valence-electron chi connectivity index (χ3n) is 8.77. The number of hydrogen-bond donors (Lipinski definition) is 1. The average molecular weight is 637 g/mol. The second kappa shape index (κ2) is 29.4. The van der Waals surface area contributed by atoms with Crippen molar-refractivity contribution < 1.29 is 36.3 Å². The maximum atomic E-state index is 10.7. The summed E-state index contributed by atoms with van der Waals surface area (Å²) >= 11 is 0. The van der Waals surface area contributed by atoms with Crippen LogP contribution in [0.1, 0.15) is 188 Å². The normalized spacial score (nSPS) is 13.0. The quantitative estimate of drug-likeness (QED) is 0.0360. The third-order valence-corrected chi connectivity index (χ3v) is 8.77. The standard InChI is InChI=1S/C35H74NO3.BrH/c1-7-10-12-14-16-18-20-22-24-26-28-30-32-38-35(9-3,34(4)36(5,6)37)39-33-31-29-27-25-23-21-19-17-15-13-11-8-2;/h34,37H,7-33H2,1-6H3;1H/q+1;/p-1. The van der Waals surface area contributed by atoms with Crippen LogP contribution < -0.4 is 17.0 Å². The van der Waals surface area contributed by atoms with Gasteiger partial charge in [-0.25, -0.2) is 5.21 Å². The van der Waals surface area contributed by atoms with Crippen molar-refractivity contribution in [2.24, 2.45) is 0 Å². The van der Waals surface area contributed by atoms with Crippen molar-refractivity contribution in [2.45, 2.75) is 200 Å². The molecule has 1 unspecified atom stereocenters. The van der Waals surface area contributed by atoms with Gasteiger partial charge in [0.25, 0.3) is 0 Å². The number of unbranched alkanes of at least 4 members (excludes halogenated alkanes) is 22. The molecule has 0 aromatic heterocycles. The van der Waals surface area contributed by atoms with Gasteiger partial charge in [0.2, 0.25) is 5.79 Å². The number of likely N-dealkylation sites (N-methyl/N-ethyl adjacent to an activating group) is 1. The first-order chi connectivity index (χ1) is 18.8. The molecule has 1 atom stereocenters. The van der Waals surface area contributed by atoms with Crippen LogP contribution in [0.5, 0.6) is 0 Å². The van der Waals surface area contributed by atoms with E-state index in [2.05, 4.69) is 27.7 Å². The van der Waals surface area contributed by atoms with Crippen LogP contribution in [-0.4, -0.2) is 49.0 Å². The van der Waals surface area contributed by atoms with Crippen molar-refractivity contribution in [1.82, 2.24) is 0 Å². The lowest BCUT2D eigenvalue weighted by atomic mass is 10.0. The summed E-state index contributed by atoms with van der Waals surface area (Å²) in [7, 11) is 3.66. The molecule has 0 radical (unpaired) electrons. The van der Waals surface area contributed by atoms with Crippen LogP contribution in [0.3, 0.4) is 0 Å². The molecule has 0 aromatic carbocycles. The van der Waals surface area contributed by atoms with Crippen molar-refractivity contribution in [3.05, 3.63) is 0 Å². The second-order valence-electron chi connectivity index (χ2n) is 12.8. The van der Waals surface area contributed by atoms with Gasteiger partial charge in [-0.3, -0.25) is 0 Å². The molecule has 4 nitrogen and oxygen atoms in total. The second-order valence-corrected chi connectivity index (χ2v) is 12.8. The molecule has 0 amide bonds. The van der Waals surface area contributed by atoms with E-state index in [0.29, 0.717) is 13.2 Å². The summed E-state index contributed by atoms with van der Waals surface area (Å²) < 4.78 is 12.8. The van der Waals surface area contributed by atoms with Crippen molar-refractivity contribution in [3.8, 4) is 0 Å². The van der Waals surface area contributed by atoms with E-state index in [4.69, 9.17) is 9.47 Å². The topological polar surface area (TPSA) is 38.7 Å². The summed E-state index contributed by atoms with van der Waals surface area (Å²) in [6.45, 7) is 10.2. The van der Waals surface area contributed by atoms with Crippen molar-refractivity contribution >= 4 is 0 Å². The predicted octanol–water partition coefficient (Wildman–Crippen LogP) is 8.39. The van der Waals surface area contributed by atoms with E-state index in [1.807, 2.05) is 14.1 Å². The smallest absolute Gasteiger partial charge is 0.224 e. The fourth-order valence-electron chi connectivity index (χ4n) is 5.64. The molecule has 0 aliphatic carbocycles. The summed E-state index contributed by atoms with van der Waals surface area (Å²) in [5, 5.41) is 10.7. The van der Waals surface area contributed by atoms with Gasteiger partial charge in [-0.1, -0.05) is 162 Å². The minimum atomic E-state index is -0.714. The minimum absolute atomic E-state index is 0. The van der Waals surface area contributed by atoms with E-state index in [0.717, 1.165) is 19.3 Å². The van der Waals surface area contributed by atoms with Crippen LogP contribution in [0.25, 0.3) is 0 Å². The van der Waals surface area contributed by atoms with E-state index in [9.17, 15) is 5.21 Å². The molecule has 0 aromatic rings. The number of ether oxygens (including phenoxy) is 2. The van der Waals surface area contributed by atoms with Gasteiger partial charge in [0.05, 0.1) is 27.3 Å². The molecule has 1 N–H and O–H groups in total. The summed E-state index contributed by atoms with van der Waals surface area (Å²) in [4.78, 5) is 0. The molecule has 0 bridgehead atoms. The molecular weight excluding hydrogens is 562 g/mol. The van der Waals surface area contributed by atoms with Gasteiger partial charge in [0.1, 0.15) is 0 Å². The lowest BCUT2D eigenvalue weighted by Crippen LogP contribution is -3.00. The molecule has 5 heteroatoms. The summed E-state index contributed by atoms with van der Waals surface area (Å²) in [5.41, 5.74) is 0. The fourth-order valence-corrected chi connectivity index (χ4v) is 5.64. The highest BCUT2D eigenvalue weighted by molar-refractivity contribution is 4.76. The first kappa shape index (κ1) is 42.5. The van der Waals surface area contributed by atoms with E-state index < -0.39 is 5.79 Å². The van der Waals surface area contributed by atoms with Gasteiger partial charge in [0, 0.05) is 6.42 Å². The van der Waals surface area contributed by atoms with Crippen LogP contribution in [-0.2, 0) is 9.47 Å². The minimum Gasteiger partial charge on any atom is -1.00 e. The number of hydrogen-bond acceptors (Lipinski definition) is 3. The van der Waals surface area contributed by atoms with Crippen LogP contribution in [0.2, 0.25) is 0 Å². The van der Waals surface area contributed by atoms with E-state index in [1.54, 1.807) is 0 Å². The number of rotatable bonds is 31. The van der Waals surface area contributed by atoms with E-state index in [1.165, 1.54) is 141 Å². The molecule has 0 fully saturated rings. The Bertz CT molecular complexity index is 468. The first-order valence-corrected chi connectivity index (χ1v) is 17.7. The molecule has 0 saturated carbocycles. The molecule has 0 rings (SSSR count). The molecule has 0 saturated heterocycles. The van der Waals surface area contributed by atoms with Crippen LogP contribution >= 0.6 is 0 Å². The zero-order valence-corrected chi connectivity index (χ0v) is 29.8. The Morgan fingerprint density at radius 3 is 0.975 bits per heavy atom. The van der Waals surface area contributed by atoms with Crippen LogP contribution in [0.4, 0.5) is 0 Å². The number of halogens is 1. The Balaban J connectivity index is 0. The maximum absolute atomic E-state index is 10.7. The first-order valence-electron chi connectivity index (χ1n) is 17.7. The van der Waals surface area contributed by atoms with Crippen molar-refractivity contribution in [3.63, 3.8) is 0 Å². The van der Waals surface area contributed by atoms with E-state index >= 15 is 0 Å². The van der Waals surface area contributed by atoms with Crippen LogP contribution in [0.15, 0.2) is 0 Å². The molecule has 0 spiro atoms. The monoisotopic (exact) mass is 635 g/mol. The lowest BCUT2D eigenvalue weighted by Gasteiger charge is -2.42. The Kier molecular flexibility index (Phi) is 31.2. The van der Waals surface area contributed by atoms with Gasteiger partial charge >= 0.3 is 0 Å². The zero-order chi connectivity index (χ0) is 29.1. The zero-order valence-electron chi connectivity index (χ0n) is 28.3. The van der Waals surface area contributed by atoms with Gasteiger partial charge in [-0.15, -0.1) is 0 Å². The summed E-state index contributed by atoms with van der Waals surface area (Å²) in [5.74, 6) is -0.714. The van der Waals surface area contributed by atoms with Gasteiger partial charge < -0.3 is 26.5 Å². The van der Waals surface area contributed by atoms with Crippen molar-refractivity contribution in [2.75, 3.05) is 27.3 Å². The number of quaternary nitrogens is 1. The Hall–Kier alpha value is 0.320.